The molecule has 2 N–H and O–H groups in total. The normalized spacial score (nSPS) is 10.3. The molecule has 1 aromatic rings. The van der Waals surface area contributed by atoms with Crippen molar-refractivity contribution in [3.05, 3.63) is 23.9 Å². The molecule has 0 spiro atoms. The Hall–Kier alpha value is -1.16. The third kappa shape index (κ3) is 5.96. The number of ether oxygens (including phenoxy) is 1. The van der Waals surface area contributed by atoms with Gasteiger partial charge in [0.05, 0.1) is 6.61 Å². The van der Waals surface area contributed by atoms with Gasteiger partial charge in [-0.3, -0.25) is 0 Å². The molecule has 0 fully saturated rings. The van der Waals surface area contributed by atoms with Gasteiger partial charge in [0.25, 0.3) is 0 Å². The monoisotopic (exact) mass is 266 g/mol. The van der Waals surface area contributed by atoms with Gasteiger partial charge in [-0.2, -0.15) is 0 Å². The summed E-state index contributed by atoms with van der Waals surface area (Å²) in [4.78, 5) is 4.52. The lowest BCUT2D eigenvalue weighted by molar-refractivity contribution is 0.293. The van der Waals surface area contributed by atoms with Gasteiger partial charge in [-0.25, -0.2) is 4.98 Å². The maximum absolute atomic E-state index is 5.55. The molecule has 18 heavy (non-hydrogen) atoms. The lowest BCUT2D eigenvalue weighted by Gasteiger charge is -2.05. The molecule has 0 aliphatic heterocycles. The molecule has 0 unspecified atom stereocenters. The van der Waals surface area contributed by atoms with Gasteiger partial charge in [0, 0.05) is 17.8 Å². The molecule has 0 amide bonds. The topological polar surface area (TPSA) is 48.1 Å². The van der Waals surface area contributed by atoms with Crippen LogP contribution in [0.3, 0.4) is 0 Å². The van der Waals surface area contributed by atoms with Crippen molar-refractivity contribution in [2.45, 2.75) is 45.4 Å². The Kier molecular flexibility index (Phi) is 7.34. The third-order valence-electron chi connectivity index (χ3n) is 2.77. The van der Waals surface area contributed by atoms with Crippen LogP contribution in [-0.2, 0) is 0 Å². The molecule has 0 atom stereocenters. The standard InChI is InChI=1S/C14H22N2OS/c1-2-3-4-5-6-7-10-17-13-9-8-12(11-16-13)14(15)18/h8-9,11H,2-7,10H2,1H3,(H2,15,18). The van der Waals surface area contributed by atoms with E-state index in [1.54, 1.807) is 6.20 Å². The van der Waals surface area contributed by atoms with Gasteiger partial charge in [-0.15, -0.1) is 0 Å². The van der Waals surface area contributed by atoms with Crippen LogP contribution in [0, 0.1) is 0 Å². The molecule has 4 heteroatoms. The zero-order chi connectivity index (χ0) is 13.2. The van der Waals surface area contributed by atoms with Gasteiger partial charge in [-0.1, -0.05) is 51.2 Å². The third-order valence-corrected chi connectivity index (χ3v) is 3.00. The highest BCUT2D eigenvalue weighted by Crippen LogP contribution is 2.09. The number of nitrogens with two attached hydrogens (primary N) is 1. The number of pyridine rings is 1. The first-order valence-corrected chi connectivity index (χ1v) is 7.03. The number of unbranched alkanes of at least 4 members (excludes halogenated alkanes) is 5. The molecule has 1 aromatic heterocycles. The second kappa shape index (κ2) is 8.86. The second-order valence-electron chi connectivity index (χ2n) is 4.37. The van der Waals surface area contributed by atoms with Gasteiger partial charge >= 0.3 is 0 Å². The molecule has 1 rings (SSSR count). The molecule has 0 aromatic carbocycles. The summed E-state index contributed by atoms with van der Waals surface area (Å²) in [6.45, 7) is 2.96. The van der Waals surface area contributed by atoms with E-state index in [1.165, 1.54) is 32.1 Å². The average Bonchev–Trinajstić information content (AvgIpc) is 2.38. The van der Waals surface area contributed by atoms with Crippen molar-refractivity contribution in [2.24, 2.45) is 5.73 Å². The Balaban J connectivity index is 2.14. The minimum atomic E-state index is 0.366. The lowest BCUT2D eigenvalue weighted by Crippen LogP contribution is -2.09. The number of nitrogens with zero attached hydrogens (tertiary/aromatic N) is 1. The van der Waals surface area contributed by atoms with Crippen LogP contribution in [0.1, 0.15) is 51.0 Å². The maximum atomic E-state index is 5.55. The number of thiocarbonyl (C=S) groups is 1. The average molecular weight is 266 g/mol. The van der Waals surface area contributed by atoms with Crippen LogP contribution in [0.2, 0.25) is 0 Å². The van der Waals surface area contributed by atoms with E-state index < -0.39 is 0 Å². The largest absolute Gasteiger partial charge is 0.478 e. The molecule has 100 valence electrons. The molecule has 0 aliphatic carbocycles. The molecule has 0 saturated heterocycles. The summed E-state index contributed by atoms with van der Waals surface area (Å²) in [6, 6.07) is 3.65. The van der Waals surface area contributed by atoms with Crippen molar-refractivity contribution in [1.82, 2.24) is 4.98 Å². The second-order valence-corrected chi connectivity index (χ2v) is 4.81. The van der Waals surface area contributed by atoms with Crippen LogP contribution < -0.4 is 10.5 Å². The maximum Gasteiger partial charge on any atom is 0.213 e. The highest BCUT2D eigenvalue weighted by Gasteiger charge is 1.99. The minimum absolute atomic E-state index is 0.366. The molecule has 1 heterocycles. The summed E-state index contributed by atoms with van der Waals surface area (Å²) in [6.07, 6.45) is 9.22. The van der Waals surface area contributed by atoms with E-state index in [-0.39, 0.29) is 0 Å². The Bertz CT molecular complexity index is 351. The summed E-state index contributed by atoms with van der Waals surface area (Å²) in [5, 5.41) is 0. The van der Waals surface area contributed by atoms with Crippen molar-refractivity contribution >= 4 is 17.2 Å². The first kappa shape index (κ1) is 14.9. The first-order valence-electron chi connectivity index (χ1n) is 6.62. The minimum Gasteiger partial charge on any atom is -0.478 e. The van der Waals surface area contributed by atoms with E-state index in [0.29, 0.717) is 10.9 Å². The van der Waals surface area contributed by atoms with Gasteiger partial charge in [0.2, 0.25) is 5.88 Å². The SMILES string of the molecule is CCCCCCCCOc1ccc(C(N)=S)cn1. The summed E-state index contributed by atoms with van der Waals surface area (Å²) < 4.78 is 5.55. The first-order chi connectivity index (χ1) is 8.74. The lowest BCUT2D eigenvalue weighted by atomic mass is 10.1. The Labute approximate surface area is 115 Å². The highest BCUT2D eigenvalue weighted by molar-refractivity contribution is 7.80. The van der Waals surface area contributed by atoms with E-state index in [9.17, 15) is 0 Å². The quantitative estimate of drug-likeness (QED) is 0.549. The van der Waals surface area contributed by atoms with E-state index in [0.717, 1.165) is 18.6 Å². The molecule has 0 aliphatic rings. The Morgan fingerprint density at radius 3 is 2.56 bits per heavy atom. The Morgan fingerprint density at radius 2 is 1.94 bits per heavy atom. The van der Waals surface area contributed by atoms with Gasteiger partial charge in [0.15, 0.2) is 0 Å². The van der Waals surface area contributed by atoms with E-state index in [1.807, 2.05) is 12.1 Å². The molecule has 0 bridgehead atoms. The summed E-state index contributed by atoms with van der Waals surface area (Å²) in [7, 11) is 0. The zero-order valence-electron chi connectivity index (χ0n) is 11.0. The highest BCUT2D eigenvalue weighted by atomic mass is 32.1. The number of hydrogen-bond donors (Lipinski definition) is 1. The predicted octanol–water partition coefficient (Wildman–Crippen LogP) is 3.46. The molecular weight excluding hydrogens is 244 g/mol. The van der Waals surface area contributed by atoms with Crippen LogP contribution in [0.5, 0.6) is 5.88 Å². The van der Waals surface area contributed by atoms with Crippen LogP contribution in [-0.4, -0.2) is 16.6 Å². The summed E-state index contributed by atoms with van der Waals surface area (Å²) in [5.74, 6) is 0.642. The molecule has 3 nitrogen and oxygen atoms in total. The van der Waals surface area contributed by atoms with E-state index >= 15 is 0 Å². The predicted molar refractivity (Wildman–Crippen MR) is 79.0 cm³/mol. The van der Waals surface area contributed by atoms with Gasteiger partial charge in [0.1, 0.15) is 4.99 Å². The van der Waals surface area contributed by atoms with Crippen LogP contribution in [0.4, 0.5) is 0 Å². The Morgan fingerprint density at radius 1 is 1.22 bits per heavy atom. The van der Waals surface area contributed by atoms with E-state index in [2.05, 4.69) is 11.9 Å². The van der Waals surface area contributed by atoms with Crippen molar-refractivity contribution in [3.63, 3.8) is 0 Å². The number of aromatic nitrogens is 1. The molecule has 0 saturated carbocycles. The smallest absolute Gasteiger partial charge is 0.213 e. The fourth-order valence-electron chi connectivity index (χ4n) is 1.67. The van der Waals surface area contributed by atoms with Crippen molar-refractivity contribution in [3.8, 4) is 5.88 Å². The number of hydrogen-bond acceptors (Lipinski definition) is 3. The fraction of sp³-hybridized carbons (Fsp3) is 0.571. The van der Waals surface area contributed by atoms with Crippen molar-refractivity contribution in [1.29, 1.82) is 0 Å². The molecular formula is C14H22N2OS. The van der Waals surface area contributed by atoms with Crippen LogP contribution >= 0.6 is 12.2 Å². The van der Waals surface area contributed by atoms with Gasteiger partial charge < -0.3 is 10.5 Å². The van der Waals surface area contributed by atoms with E-state index in [4.69, 9.17) is 22.7 Å². The molecule has 0 radical (unpaired) electrons. The summed E-state index contributed by atoms with van der Waals surface area (Å²) >= 11 is 4.86. The van der Waals surface area contributed by atoms with Gasteiger partial charge in [-0.05, 0) is 12.5 Å². The van der Waals surface area contributed by atoms with Crippen LogP contribution in [0.15, 0.2) is 18.3 Å². The number of rotatable bonds is 9. The van der Waals surface area contributed by atoms with Crippen LogP contribution in [0.25, 0.3) is 0 Å². The van der Waals surface area contributed by atoms with Crippen molar-refractivity contribution < 1.29 is 4.74 Å². The zero-order valence-corrected chi connectivity index (χ0v) is 11.8. The van der Waals surface area contributed by atoms with Crippen molar-refractivity contribution in [2.75, 3.05) is 6.61 Å². The fourth-order valence-corrected chi connectivity index (χ4v) is 1.79. The summed E-state index contributed by atoms with van der Waals surface area (Å²) in [5.41, 5.74) is 6.27.